The van der Waals surface area contributed by atoms with Crippen LogP contribution in [0.5, 0.6) is 5.75 Å². The Balaban J connectivity index is 2.43. The minimum Gasteiger partial charge on any atom is -0.497 e. The van der Waals surface area contributed by atoms with E-state index in [9.17, 15) is 0 Å². The average Bonchev–Trinajstić information content (AvgIpc) is 2.99. The molecule has 3 heteroatoms. The van der Waals surface area contributed by atoms with E-state index in [2.05, 4.69) is 0 Å². The monoisotopic (exact) mass is 225 g/mol. The molecule has 1 unspecified atom stereocenters. The van der Waals surface area contributed by atoms with Crippen LogP contribution in [0.1, 0.15) is 25.3 Å². The maximum Gasteiger partial charge on any atom is 0.119 e. The topological polar surface area (TPSA) is 35.2 Å². The lowest BCUT2D eigenvalue weighted by Crippen LogP contribution is -2.31. The van der Waals surface area contributed by atoms with Gasteiger partial charge in [-0.3, -0.25) is 0 Å². The summed E-state index contributed by atoms with van der Waals surface area (Å²) in [4.78, 5) is 0. The molecule has 2 nitrogen and oxygen atoms in total. The Labute approximate surface area is 95.4 Å². The number of methoxy groups -OCH3 is 1. The number of benzene rings is 1. The first kappa shape index (κ1) is 10.8. The van der Waals surface area contributed by atoms with Crippen LogP contribution in [0.2, 0.25) is 5.02 Å². The van der Waals surface area contributed by atoms with Crippen LogP contribution in [0.15, 0.2) is 18.2 Å². The first-order chi connectivity index (χ1) is 7.10. The summed E-state index contributed by atoms with van der Waals surface area (Å²) in [6.45, 7) is 2.04. The van der Waals surface area contributed by atoms with E-state index < -0.39 is 0 Å². The van der Waals surface area contributed by atoms with Gasteiger partial charge in [-0.05, 0) is 43.5 Å². The standard InChI is InChI=1S/C12H16ClNO/c1-8(14)12(5-6-12)10-7-9(15-2)3-4-11(10)13/h3-4,7-8H,5-6,14H2,1-2H3. The largest absolute Gasteiger partial charge is 0.497 e. The fourth-order valence-corrected chi connectivity index (χ4v) is 2.42. The Morgan fingerprint density at radius 2 is 2.13 bits per heavy atom. The molecule has 0 radical (unpaired) electrons. The Hall–Kier alpha value is -0.730. The van der Waals surface area contributed by atoms with Gasteiger partial charge in [-0.1, -0.05) is 11.6 Å². The predicted octanol–water partition coefficient (Wildman–Crippen LogP) is 2.73. The molecule has 2 N–H and O–H groups in total. The van der Waals surface area contributed by atoms with Gasteiger partial charge in [0.15, 0.2) is 0 Å². The Morgan fingerprint density at radius 3 is 2.60 bits per heavy atom. The Kier molecular flexibility index (Phi) is 2.65. The van der Waals surface area contributed by atoms with E-state index in [1.807, 2.05) is 25.1 Å². The summed E-state index contributed by atoms with van der Waals surface area (Å²) in [6.07, 6.45) is 2.25. The lowest BCUT2D eigenvalue weighted by molar-refractivity contribution is 0.413. The van der Waals surface area contributed by atoms with Gasteiger partial charge in [0.05, 0.1) is 7.11 Å². The van der Waals surface area contributed by atoms with Crippen molar-refractivity contribution in [3.05, 3.63) is 28.8 Å². The highest BCUT2D eigenvalue weighted by Crippen LogP contribution is 2.52. The van der Waals surface area contributed by atoms with Gasteiger partial charge in [0.25, 0.3) is 0 Å². The lowest BCUT2D eigenvalue weighted by atomic mass is 9.89. The normalized spacial score (nSPS) is 19.7. The van der Waals surface area contributed by atoms with Crippen molar-refractivity contribution < 1.29 is 4.74 Å². The van der Waals surface area contributed by atoms with Crippen LogP contribution >= 0.6 is 11.6 Å². The van der Waals surface area contributed by atoms with E-state index in [1.54, 1.807) is 7.11 Å². The zero-order valence-electron chi connectivity index (χ0n) is 9.09. The van der Waals surface area contributed by atoms with Crippen molar-refractivity contribution in [3.63, 3.8) is 0 Å². The van der Waals surface area contributed by atoms with E-state index in [-0.39, 0.29) is 11.5 Å². The van der Waals surface area contributed by atoms with Gasteiger partial charge >= 0.3 is 0 Å². The Bertz CT molecular complexity index is 372. The summed E-state index contributed by atoms with van der Waals surface area (Å²) >= 11 is 6.21. The predicted molar refractivity (Wildman–Crippen MR) is 62.6 cm³/mol. The molecular formula is C12H16ClNO. The lowest BCUT2D eigenvalue weighted by Gasteiger charge is -2.21. The number of rotatable bonds is 3. The second kappa shape index (κ2) is 3.69. The van der Waals surface area contributed by atoms with Crippen LogP contribution in [0.4, 0.5) is 0 Å². The van der Waals surface area contributed by atoms with Crippen molar-refractivity contribution >= 4 is 11.6 Å². The molecule has 1 fully saturated rings. The first-order valence-electron chi connectivity index (χ1n) is 5.20. The molecule has 1 saturated carbocycles. The number of ether oxygens (including phenoxy) is 1. The molecule has 2 rings (SSSR count). The van der Waals surface area contributed by atoms with Crippen molar-refractivity contribution in [3.8, 4) is 5.75 Å². The molecule has 82 valence electrons. The molecule has 0 saturated heterocycles. The van der Waals surface area contributed by atoms with Crippen LogP contribution in [0.25, 0.3) is 0 Å². The Morgan fingerprint density at radius 1 is 1.47 bits per heavy atom. The van der Waals surface area contributed by atoms with Crippen molar-refractivity contribution in [2.75, 3.05) is 7.11 Å². The number of nitrogens with two attached hydrogens (primary N) is 1. The zero-order valence-corrected chi connectivity index (χ0v) is 9.84. The van der Waals surface area contributed by atoms with Gasteiger partial charge in [-0.25, -0.2) is 0 Å². The maximum atomic E-state index is 6.21. The quantitative estimate of drug-likeness (QED) is 0.859. The van der Waals surface area contributed by atoms with E-state index in [1.165, 1.54) is 0 Å². The summed E-state index contributed by atoms with van der Waals surface area (Å²) in [5.41, 5.74) is 7.25. The average molecular weight is 226 g/mol. The van der Waals surface area contributed by atoms with Crippen LogP contribution in [-0.4, -0.2) is 13.2 Å². The third kappa shape index (κ3) is 1.72. The molecule has 0 heterocycles. The van der Waals surface area contributed by atoms with E-state index in [4.69, 9.17) is 22.1 Å². The van der Waals surface area contributed by atoms with Crippen molar-refractivity contribution in [2.24, 2.45) is 5.73 Å². The molecular weight excluding hydrogens is 210 g/mol. The fraction of sp³-hybridized carbons (Fsp3) is 0.500. The van der Waals surface area contributed by atoms with E-state index in [0.717, 1.165) is 29.2 Å². The number of hydrogen-bond donors (Lipinski definition) is 1. The highest BCUT2D eigenvalue weighted by Gasteiger charge is 2.48. The van der Waals surface area contributed by atoms with Crippen LogP contribution in [0.3, 0.4) is 0 Å². The summed E-state index contributed by atoms with van der Waals surface area (Å²) in [7, 11) is 1.67. The number of halogens is 1. The minimum atomic E-state index is 0.0889. The van der Waals surface area contributed by atoms with Crippen LogP contribution in [0, 0.1) is 0 Å². The molecule has 0 spiro atoms. The van der Waals surface area contributed by atoms with Crippen molar-refractivity contribution in [1.29, 1.82) is 0 Å². The van der Waals surface area contributed by atoms with Crippen LogP contribution < -0.4 is 10.5 Å². The molecule has 0 aliphatic heterocycles. The SMILES string of the molecule is COc1ccc(Cl)c(C2(C(C)N)CC2)c1. The number of hydrogen-bond acceptors (Lipinski definition) is 2. The zero-order chi connectivity index (χ0) is 11.1. The fourth-order valence-electron chi connectivity index (χ4n) is 2.12. The molecule has 1 atom stereocenters. The second-order valence-corrected chi connectivity index (χ2v) is 4.70. The molecule has 1 aliphatic rings. The summed E-state index contributed by atoms with van der Waals surface area (Å²) in [5.74, 6) is 0.848. The van der Waals surface area contributed by atoms with Crippen LogP contribution in [-0.2, 0) is 5.41 Å². The maximum absolute atomic E-state index is 6.21. The smallest absolute Gasteiger partial charge is 0.119 e. The molecule has 1 aromatic carbocycles. The third-order valence-electron chi connectivity index (χ3n) is 3.37. The third-order valence-corrected chi connectivity index (χ3v) is 3.70. The second-order valence-electron chi connectivity index (χ2n) is 4.29. The first-order valence-corrected chi connectivity index (χ1v) is 5.57. The summed E-state index contributed by atoms with van der Waals surface area (Å²) in [6, 6.07) is 5.92. The summed E-state index contributed by atoms with van der Waals surface area (Å²) < 4.78 is 5.21. The van der Waals surface area contributed by atoms with Gasteiger partial charge in [-0.15, -0.1) is 0 Å². The molecule has 1 aliphatic carbocycles. The summed E-state index contributed by atoms with van der Waals surface area (Å²) in [5, 5.41) is 0.797. The highest BCUT2D eigenvalue weighted by molar-refractivity contribution is 6.31. The molecule has 1 aromatic rings. The van der Waals surface area contributed by atoms with Crippen molar-refractivity contribution in [2.45, 2.75) is 31.2 Å². The molecule has 0 bridgehead atoms. The van der Waals surface area contributed by atoms with Crippen molar-refractivity contribution in [1.82, 2.24) is 0 Å². The van der Waals surface area contributed by atoms with Gasteiger partial charge in [0.2, 0.25) is 0 Å². The minimum absolute atomic E-state index is 0.0889. The highest BCUT2D eigenvalue weighted by atomic mass is 35.5. The molecule has 0 aromatic heterocycles. The van der Waals surface area contributed by atoms with Gasteiger partial charge in [0.1, 0.15) is 5.75 Å². The molecule has 15 heavy (non-hydrogen) atoms. The van der Waals surface area contributed by atoms with E-state index >= 15 is 0 Å². The van der Waals surface area contributed by atoms with Gasteiger partial charge < -0.3 is 10.5 Å². The van der Waals surface area contributed by atoms with Gasteiger partial charge in [0, 0.05) is 16.5 Å². The van der Waals surface area contributed by atoms with E-state index in [0.29, 0.717) is 0 Å². The van der Waals surface area contributed by atoms with Gasteiger partial charge in [-0.2, -0.15) is 0 Å². The molecule has 0 amide bonds.